The third-order valence-corrected chi connectivity index (χ3v) is 4.11. The summed E-state index contributed by atoms with van der Waals surface area (Å²) in [5.74, 6) is -0.447. The second kappa shape index (κ2) is 8.47. The zero-order valence-electron chi connectivity index (χ0n) is 15.4. The van der Waals surface area contributed by atoms with Gasteiger partial charge in [-0.25, -0.2) is 0 Å². The maximum Gasteiger partial charge on any atom is 0.233 e. The van der Waals surface area contributed by atoms with Crippen molar-refractivity contribution in [3.8, 4) is 0 Å². The van der Waals surface area contributed by atoms with Crippen LogP contribution in [-0.4, -0.2) is 22.8 Å². The average Bonchev–Trinajstić information content (AvgIpc) is 2.55. The number of hydrogen-bond donors (Lipinski definition) is 1. The molecule has 2 amide bonds. The largest absolute Gasteiger partial charge is 0.336 e. The maximum atomic E-state index is 12.6. The van der Waals surface area contributed by atoms with Gasteiger partial charge in [-0.3, -0.25) is 9.59 Å². The molecule has 2 rings (SSSR count). The molecule has 2 aromatic rings. The van der Waals surface area contributed by atoms with Crippen molar-refractivity contribution in [1.29, 1.82) is 0 Å². The molecule has 0 fully saturated rings. The fourth-order valence-corrected chi connectivity index (χ4v) is 2.73. The Morgan fingerprint density at radius 3 is 2.32 bits per heavy atom. The van der Waals surface area contributed by atoms with Crippen molar-refractivity contribution < 1.29 is 9.59 Å². The molecule has 0 atom stereocenters. The lowest BCUT2D eigenvalue weighted by atomic mass is 10.1. The number of amides is 2. The van der Waals surface area contributed by atoms with Crippen molar-refractivity contribution in [2.24, 2.45) is 0 Å². The van der Waals surface area contributed by atoms with Crippen LogP contribution in [0.25, 0.3) is 0 Å². The number of carbonyl (C=O) groups is 2. The molecule has 0 spiro atoms. The molecule has 0 unspecified atom stereocenters. The van der Waals surface area contributed by atoms with Crippen molar-refractivity contribution in [2.45, 2.75) is 46.7 Å². The normalized spacial score (nSPS) is 10.6. The molecule has 1 N–H and O–H groups in total. The summed E-state index contributed by atoms with van der Waals surface area (Å²) in [6.45, 7) is 8.38. The van der Waals surface area contributed by atoms with Gasteiger partial charge in [0, 0.05) is 18.3 Å². The third kappa shape index (κ3) is 5.45. The van der Waals surface area contributed by atoms with Crippen LogP contribution in [0.4, 0.5) is 5.69 Å². The van der Waals surface area contributed by atoms with Gasteiger partial charge in [-0.15, -0.1) is 0 Å². The van der Waals surface area contributed by atoms with Gasteiger partial charge in [0.1, 0.15) is 6.42 Å². The van der Waals surface area contributed by atoms with Crippen LogP contribution in [0.15, 0.2) is 48.5 Å². The van der Waals surface area contributed by atoms with Crippen molar-refractivity contribution in [3.63, 3.8) is 0 Å². The Bertz CT molecular complexity index is 739. The summed E-state index contributed by atoms with van der Waals surface area (Å²) in [5, 5.41) is 2.84. The van der Waals surface area contributed by atoms with E-state index in [0.717, 1.165) is 22.4 Å². The molecular formula is C21H26N2O2. The highest BCUT2D eigenvalue weighted by Gasteiger charge is 2.20. The van der Waals surface area contributed by atoms with Crippen LogP contribution >= 0.6 is 0 Å². The molecule has 4 nitrogen and oxygen atoms in total. The van der Waals surface area contributed by atoms with Gasteiger partial charge < -0.3 is 10.2 Å². The number of anilines is 1. The minimum absolute atomic E-state index is 0.0293. The zero-order chi connectivity index (χ0) is 18.4. The molecule has 0 aromatic heterocycles. The van der Waals surface area contributed by atoms with Crippen molar-refractivity contribution in [3.05, 3.63) is 65.2 Å². The zero-order valence-corrected chi connectivity index (χ0v) is 15.4. The van der Waals surface area contributed by atoms with E-state index in [2.05, 4.69) is 5.32 Å². The second-order valence-electron chi connectivity index (χ2n) is 6.64. The van der Waals surface area contributed by atoms with Gasteiger partial charge in [0.2, 0.25) is 11.8 Å². The Labute approximate surface area is 149 Å². The topological polar surface area (TPSA) is 49.4 Å². The van der Waals surface area contributed by atoms with Crippen molar-refractivity contribution in [2.75, 3.05) is 5.32 Å². The van der Waals surface area contributed by atoms with Crippen LogP contribution in [-0.2, 0) is 16.1 Å². The summed E-state index contributed by atoms with van der Waals surface area (Å²) in [4.78, 5) is 26.6. The van der Waals surface area contributed by atoms with Crippen LogP contribution in [0.1, 0.15) is 37.0 Å². The standard InChI is InChI=1S/C21H26N2O2/c1-15(2)23(14-18-8-6-5-7-9-18)21(25)13-20(24)22-19-11-10-16(3)12-17(19)4/h5-12,15H,13-14H2,1-4H3,(H,22,24). The highest BCUT2D eigenvalue weighted by molar-refractivity contribution is 6.03. The predicted molar refractivity (Wildman–Crippen MR) is 101 cm³/mol. The van der Waals surface area contributed by atoms with Crippen LogP contribution in [0.2, 0.25) is 0 Å². The lowest BCUT2D eigenvalue weighted by Gasteiger charge is -2.27. The number of benzene rings is 2. The Morgan fingerprint density at radius 2 is 1.72 bits per heavy atom. The number of nitrogens with one attached hydrogen (secondary N) is 1. The quantitative estimate of drug-likeness (QED) is 0.807. The van der Waals surface area contributed by atoms with Gasteiger partial charge in [0.25, 0.3) is 0 Å². The first-order valence-electron chi connectivity index (χ1n) is 8.57. The molecule has 0 aliphatic heterocycles. The molecule has 0 aliphatic rings. The smallest absolute Gasteiger partial charge is 0.233 e. The third-order valence-electron chi connectivity index (χ3n) is 4.11. The fraction of sp³-hybridized carbons (Fsp3) is 0.333. The Kier molecular flexibility index (Phi) is 6.34. The minimum Gasteiger partial charge on any atom is -0.336 e. The molecule has 25 heavy (non-hydrogen) atoms. The van der Waals surface area contributed by atoms with E-state index < -0.39 is 0 Å². The minimum atomic E-state index is -0.282. The summed E-state index contributed by atoms with van der Waals surface area (Å²) < 4.78 is 0. The van der Waals surface area contributed by atoms with Gasteiger partial charge in [-0.05, 0) is 44.9 Å². The molecule has 0 aliphatic carbocycles. The van der Waals surface area contributed by atoms with E-state index in [0.29, 0.717) is 6.54 Å². The lowest BCUT2D eigenvalue weighted by molar-refractivity contribution is -0.136. The predicted octanol–water partition coefficient (Wildman–Crippen LogP) is 4.07. The van der Waals surface area contributed by atoms with E-state index in [9.17, 15) is 9.59 Å². The molecule has 4 heteroatoms. The van der Waals surface area contributed by atoms with Gasteiger partial charge in [0.15, 0.2) is 0 Å². The molecule has 0 saturated carbocycles. The maximum absolute atomic E-state index is 12.6. The average molecular weight is 338 g/mol. The van der Waals surface area contributed by atoms with Gasteiger partial charge in [-0.2, -0.15) is 0 Å². The highest BCUT2D eigenvalue weighted by atomic mass is 16.2. The molecule has 0 radical (unpaired) electrons. The Morgan fingerprint density at radius 1 is 1.04 bits per heavy atom. The summed E-state index contributed by atoms with van der Waals surface area (Å²) in [6.07, 6.45) is -0.154. The van der Waals surface area contributed by atoms with E-state index in [1.54, 1.807) is 4.90 Å². The number of rotatable bonds is 6. The van der Waals surface area contributed by atoms with E-state index in [4.69, 9.17) is 0 Å². The van der Waals surface area contributed by atoms with E-state index in [-0.39, 0.29) is 24.3 Å². The first-order chi connectivity index (χ1) is 11.9. The first kappa shape index (κ1) is 18.7. The summed E-state index contributed by atoms with van der Waals surface area (Å²) in [5.41, 5.74) is 3.94. The van der Waals surface area contributed by atoms with E-state index >= 15 is 0 Å². The number of carbonyl (C=O) groups excluding carboxylic acids is 2. The molecule has 0 heterocycles. The van der Waals surface area contributed by atoms with Gasteiger partial charge in [0.05, 0.1) is 0 Å². The highest BCUT2D eigenvalue weighted by Crippen LogP contribution is 2.17. The van der Waals surface area contributed by atoms with Gasteiger partial charge in [-0.1, -0.05) is 48.0 Å². The molecular weight excluding hydrogens is 312 g/mol. The molecule has 0 saturated heterocycles. The first-order valence-corrected chi connectivity index (χ1v) is 8.57. The van der Waals surface area contributed by atoms with Crippen molar-refractivity contribution >= 4 is 17.5 Å². The van der Waals surface area contributed by atoms with E-state index in [1.165, 1.54) is 0 Å². The summed E-state index contributed by atoms with van der Waals surface area (Å²) >= 11 is 0. The van der Waals surface area contributed by atoms with Crippen LogP contribution in [0.3, 0.4) is 0 Å². The Hall–Kier alpha value is -2.62. The number of aryl methyl sites for hydroxylation is 2. The van der Waals surface area contributed by atoms with Crippen LogP contribution in [0, 0.1) is 13.8 Å². The SMILES string of the molecule is Cc1ccc(NC(=O)CC(=O)N(Cc2ccccc2)C(C)C)c(C)c1. The summed E-state index contributed by atoms with van der Waals surface area (Å²) in [6, 6.07) is 15.7. The summed E-state index contributed by atoms with van der Waals surface area (Å²) in [7, 11) is 0. The fourth-order valence-electron chi connectivity index (χ4n) is 2.73. The van der Waals surface area contributed by atoms with Crippen molar-refractivity contribution in [1.82, 2.24) is 4.90 Å². The van der Waals surface area contributed by atoms with Crippen LogP contribution < -0.4 is 5.32 Å². The number of hydrogen-bond acceptors (Lipinski definition) is 2. The molecule has 2 aromatic carbocycles. The second-order valence-corrected chi connectivity index (χ2v) is 6.64. The Balaban J connectivity index is 2.01. The van der Waals surface area contributed by atoms with Gasteiger partial charge >= 0.3 is 0 Å². The van der Waals surface area contributed by atoms with E-state index in [1.807, 2.05) is 76.2 Å². The monoisotopic (exact) mass is 338 g/mol. The molecule has 132 valence electrons. The van der Waals surface area contributed by atoms with Crippen LogP contribution in [0.5, 0.6) is 0 Å². The lowest BCUT2D eigenvalue weighted by Crippen LogP contribution is -2.38. The number of nitrogens with zero attached hydrogens (tertiary/aromatic N) is 1. The molecule has 0 bridgehead atoms.